The van der Waals surface area contributed by atoms with E-state index in [1.165, 1.54) is 6.92 Å². The molecule has 0 bridgehead atoms. The molecule has 0 heterocycles. The van der Waals surface area contributed by atoms with E-state index in [0.29, 0.717) is 11.3 Å². The molecule has 0 aromatic carbocycles. The van der Waals surface area contributed by atoms with Gasteiger partial charge in [0.15, 0.2) is 0 Å². The lowest BCUT2D eigenvalue weighted by atomic mass is 10.1. The highest BCUT2D eigenvalue weighted by molar-refractivity contribution is 5.82. The lowest BCUT2D eigenvalue weighted by Gasteiger charge is -2.21. The molecule has 0 saturated heterocycles. The van der Waals surface area contributed by atoms with E-state index in [4.69, 9.17) is 4.74 Å². The van der Waals surface area contributed by atoms with Gasteiger partial charge in [0.1, 0.15) is 0 Å². The molecule has 1 unspecified atom stereocenters. The second kappa shape index (κ2) is 7.23. The van der Waals surface area contributed by atoms with E-state index in [0.717, 1.165) is 13.5 Å². The summed E-state index contributed by atoms with van der Waals surface area (Å²) in [5.41, 5.74) is 0. The number of nitrogens with zero attached hydrogens (tertiary/aromatic N) is 1. The first kappa shape index (κ1) is 16.7. The van der Waals surface area contributed by atoms with Crippen LogP contribution >= 0.6 is 0 Å². The molecule has 1 atom stereocenters. The summed E-state index contributed by atoms with van der Waals surface area (Å²) in [6, 6.07) is 0. The Morgan fingerprint density at radius 2 is 1.89 bits per heavy atom. The van der Waals surface area contributed by atoms with E-state index in [1.54, 1.807) is 0 Å². The van der Waals surface area contributed by atoms with Crippen LogP contribution < -0.4 is 0 Å². The van der Waals surface area contributed by atoms with E-state index in [-0.39, 0.29) is 13.2 Å². The number of amides is 1. The molecule has 0 aromatic heterocycles. The van der Waals surface area contributed by atoms with Crippen LogP contribution in [0.1, 0.15) is 26.7 Å². The Hall–Kier alpha value is -1.27. The van der Waals surface area contributed by atoms with Gasteiger partial charge in [0, 0.05) is 13.6 Å². The Morgan fingerprint density at radius 3 is 2.33 bits per heavy atom. The fraction of sp³-hybridized carbons (Fsp3) is 0.818. The van der Waals surface area contributed by atoms with Crippen LogP contribution in [-0.4, -0.2) is 43.2 Å². The van der Waals surface area contributed by atoms with E-state index < -0.39 is 24.0 Å². The monoisotopic (exact) mass is 269 g/mol. The molecule has 106 valence electrons. The summed E-state index contributed by atoms with van der Waals surface area (Å²) in [5.74, 6) is -3.33. The Morgan fingerprint density at radius 1 is 1.33 bits per heavy atom. The number of esters is 1. The Bertz CT molecular complexity index is 292. The number of hydrogen-bond donors (Lipinski definition) is 0. The minimum Gasteiger partial charge on any atom is -0.465 e. The van der Waals surface area contributed by atoms with Crippen molar-refractivity contribution in [2.24, 2.45) is 5.92 Å². The van der Waals surface area contributed by atoms with Crippen molar-refractivity contribution in [1.82, 2.24) is 4.90 Å². The first-order valence-corrected chi connectivity index (χ1v) is 5.69. The maximum absolute atomic E-state index is 12.1. The van der Waals surface area contributed by atoms with Gasteiger partial charge in [-0.2, -0.15) is 13.2 Å². The molecule has 0 saturated carbocycles. The number of carbonyl (C=O) groups is 2. The summed E-state index contributed by atoms with van der Waals surface area (Å²) >= 11 is 0. The van der Waals surface area contributed by atoms with Crippen LogP contribution in [0, 0.1) is 5.92 Å². The van der Waals surface area contributed by atoms with Crippen LogP contribution in [-0.2, 0) is 14.3 Å². The summed E-state index contributed by atoms with van der Waals surface area (Å²) < 4.78 is 41.1. The van der Waals surface area contributed by atoms with Crippen LogP contribution in [0.3, 0.4) is 0 Å². The number of ether oxygens (including phenoxy) is 1. The van der Waals surface area contributed by atoms with Crippen molar-refractivity contribution in [3.63, 3.8) is 0 Å². The van der Waals surface area contributed by atoms with Gasteiger partial charge in [-0.05, 0) is 6.42 Å². The average molecular weight is 269 g/mol. The molecule has 0 aliphatic rings. The third-order valence-corrected chi connectivity index (χ3v) is 2.28. The summed E-state index contributed by atoms with van der Waals surface area (Å²) in [6.45, 7) is 3.28. The zero-order chi connectivity index (χ0) is 14.3. The topological polar surface area (TPSA) is 46.6 Å². The quantitative estimate of drug-likeness (QED) is 0.547. The average Bonchev–Trinajstić information content (AvgIpc) is 2.26. The molecule has 7 heteroatoms. The van der Waals surface area contributed by atoms with Crippen LogP contribution in [0.25, 0.3) is 0 Å². The second-order valence-corrected chi connectivity index (χ2v) is 4.11. The Balaban J connectivity index is 4.18. The predicted octanol–water partition coefficient (Wildman–Crippen LogP) is 1.99. The number of carbonyl (C=O) groups excluding carboxylic acids is 2. The number of rotatable bonds is 6. The molecule has 4 nitrogen and oxygen atoms in total. The van der Waals surface area contributed by atoms with Gasteiger partial charge in [-0.3, -0.25) is 9.59 Å². The van der Waals surface area contributed by atoms with Crippen molar-refractivity contribution in [1.29, 1.82) is 0 Å². The number of alkyl halides is 3. The van der Waals surface area contributed by atoms with Crippen LogP contribution in [0.2, 0.25) is 0 Å². The van der Waals surface area contributed by atoms with Crippen molar-refractivity contribution in [2.75, 3.05) is 20.2 Å². The summed E-state index contributed by atoms with van der Waals surface area (Å²) in [6.07, 6.45) is -3.36. The third kappa shape index (κ3) is 5.88. The minimum absolute atomic E-state index is 0.247. The zero-order valence-corrected chi connectivity index (χ0v) is 10.7. The van der Waals surface area contributed by atoms with Gasteiger partial charge >= 0.3 is 18.1 Å². The van der Waals surface area contributed by atoms with Gasteiger partial charge in [-0.1, -0.05) is 20.3 Å². The molecule has 0 radical (unpaired) electrons. The van der Waals surface area contributed by atoms with Crippen molar-refractivity contribution in [3.05, 3.63) is 0 Å². The highest BCUT2D eigenvalue weighted by atomic mass is 19.4. The number of halogens is 3. The van der Waals surface area contributed by atoms with E-state index >= 15 is 0 Å². The maximum atomic E-state index is 12.1. The highest BCUT2D eigenvalue weighted by Crippen LogP contribution is 2.18. The maximum Gasteiger partial charge on any atom is 0.471 e. The van der Waals surface area contributed by atoms with E-state index in [9.17, 15) is 22.8 Å². The SMILES string of the molecule is CCCCOC(=O)C(C)CN(C)C(=O)C(F)(F)F. The smallest absolute Gasteiger partial charge is 0.465 e. The van der Waals surface area contributed by atoms with Gasteiger partial charge < -0.3 is 9.64 Å². The van der Waals surface area contributed by atoms with Gasteiger partial charge in [-0.25, -0.2) is 0 Å². The van der Waals surface area contributed by atoms with Gasteiger partial charge in [0.2, 0.25) is 0 Å². The lowest BCUT2D eigenvalue weighted by Crippen LogP contribution is -2.42. The van der Waals surface area contributed by atoms with Crippen LogP contribution in [0.4, 0.5) is 13.2 Å². The Kier molecular flexibility index (Phi) is 6.72. The van der Waals surface area contributed by atoms with E-state index in [1.807, 2.05) is 6.92 Å². The minimum atomic E-state index is -4.92. The standard InChI is InChI=1S/C11H18F3NO3/c1-4-5-6-18-9(16)8(2)7-15(3)10(17)11(12,13)14/h8H,4-7H2,1-3H3. The fourth-order valence-corrected chi connectivity index (χ4v) is 1.24. The molecule has 0 fully saturated rings. The van der Waals surface area contributed by atoms with Gasteiger partial charge in [-0.15, -0.1) is 0 Å². The molecular formula is C11H18F3NO3. The molecule has 0 rings (SSSR count). The molecule has 0 spiro atoms. The second-order valence-electron chi connectivity index (χ2n) is 4.11. The molecule has 1 amide bonds. The molecule has 0 aliphatic carbocycles. The van der Waals surface area contributed by atoms with Gasteiger partial charge in [0.25, 0.3) is 0 Å². The third-order valence-electron chi connectivity index (χ3n) is 2.28. The normalized spacial score (nSPS) is 13.0. The van der Waals surface area contributed by atoms with Gasteiger partial charge in [0.05, 0.1) is 12.5 Å². The van der Waals surface area contributed by atoms with Crippen molar-refractivity contribution in [3.8, 4) is 0 Å². The number of hydrogen-bond acceptors (Lipinski definition) is 3. The zero-order valence-electron chi connectivity index (χ0n) is 10.7. The van der Waals surface area contributed by atoms with Crippen LogP contribution in [0.5, 0.6) is 0 Å². The molecule has 0 aliphatic heterocycles. The largest absolute Gasteiger partial charge is 0.471 e. The summed E-state index contributed by atoms with van der Waals surface area (Å²) in [4.78, 5) is 22.7. The van der Waals surface area contributed by atoms with Crippen molar-refractivity contribution >= 4 is 11.9 Å². The molecule has 0 aromatic rings. The Labute approximate surface area is 104 Å². The summed E-state index contributed by atoms with van der Waals surface area (Å²) in [7, 11) is 1.01. The molecule has 0 N–H and O–H groups in total. The van der Waals surface area contributed by atoms with Crippen molar-refractivity contribution < 1.29 is 27.5 Å². The lowest BCUT2D eigenvalue weighted by molar-refractivity contribution is -0.185. The van der Waals surface area contributed by atoms with Crippen molar-refractivity contribution in [2.45, 2.75) is 32.9 Å². The highest BCUT2D eigenvalue weighted by Gasteiger charge is 2.41. The van der Waals surface area contributed by atoms with Crippen LogP contribution in [0.15, 0.2) is 0 Å². The molecule has 18 heavy (non-hydrogen) atoms. The fourth-order valence-electron chi connectivity index (χ4n) is 1.24. The van der Waals surface area contributed by atoms with E-state index in [2.05, 4.69) is 0 Å². The number of unbranched alkanes of at least 4 members (excludes halogenated alkanes) is 1. The molecular weight excluding hydrogens is 251 g/mol. The predicted molar refractivity (Wildman–Crippen MR) is 58.7 cm³/mol. The first-order chi connectivity index (χ1) is 8.20. The first-order valence-electron chi connectivity index (χ1n) is 5.69. The summed E-state index contributed by atoms with van der Waals surface area (Å²) in [5, 5.41) is 0.